The zero-order valence-corrected chi connectivity index (χ0v) is 11.9. The molecule has 0 atom stereocenters. The fourth-order valence-electron chi connectivity index (χ4n) is 4.45. The number of allylic oxidation sites excluding steroid dienone is 2. The molecule has 0 bridgehead atoms. The third-order valence-electron chi connectivity index (χ3n) is 6.04. The first kappa shape index (κ1) is 12.8. The number of hydrogen-bond acceptors (Lipinski definition) is 0. The molecule has 0 aromatic heterocycles. The smallest absolute Gasteiger partial charge is 0.00803 e. The van der Waals surface area contributed by atoms with Crippen LogP contribution in [0.1, 0.15) is 68.2 Å². The van der Waals surface area contributed by atoms with Crippen molar-refractivity contribution in [3.05, 3.63) is 11.1 Å². The summed E-state index contributed by atoms with van der Waals surface area (Å²) in [6.45, 7) is 19.1. The van der Waals surface area contributed by atoms with Gasteiger partial charge in [0.2, 0.25) is 0 Å². The van der Waals surface area contributed by atoms with Gasteiger partial charge in [0, 0.05) is 0 Å². The Balaban J connectivity index is 3.44. The van der Waals surface area contributed by atoms with Crippen molar-refractivity contribution in [1.29, 1.82) is 0 Å². The summed E-state index contributed by atoms with van der Waals surface area (Å²) in [5.74, 6) is 0. The lowest BCUT2D eigenvalue weighted by Gasteiger charge is -2.51. The predicted molar refractivity (Wildman–Crippen MR) is 69.0 cm³/mol. The molecule has 0 aromatic carbocycles. The van der Waals surface area contributed by atoms with Crippen LogP contribution in [0.5, 0.6) is 0 Å². The highest BCUT2D eigenvalue weighted by Gasteiger charge is 2.58. The summed E-state index contributed by atoms with van der Waals surface area (Å²) >= 11 is 0. The van der Waals surface area contributed by atoms with Gasteiger partial charge in [-0.2, -0.15) is 0 Å². The molecule has 0 saturated heterocycles. The summed E-state index contributed by atoms with van der Waals surface area (Å²) in [4.78, 5) is 0. The molecule has 0 N–H and O–H groups in total. The van der Waals surface area contributed by atoms with E-state index in [1.165, 1.54) is 12.8 Å². The number of rotatable bonds is 2. The van der Waals surface area contributed by atoms with Gasteiger partial charge in [0.1, 0.15) is 0 Å². The maximum atomic E-state index is 2.44. The van der Waals surface area contributed by atoms with Crippen molar-refractivity contribution in [2.75, 3.05) is 0 Å². The molecule has 15 heavy (non-hydrogen) atoms. The maximum Gasteiger partial charge on any atom is -0.00803 e. The van der Waals surface area contributed by atoms with Gasteiger partial charge in [-0.1, -0.05) is 52.7 Å². The van der Waals surface area contributed by atoms with Gasteiger partial charge in [0.05, 0.1) is 0 Å². The Bertz CT molecular complexity index is 259. The maximum absolute atomic E-state index is 2.44. The highest BCUT2D eigenvalue weighted by atomic mass is 14.6. The second-order valence-electron chi connectivity index (χ2n) is 6.29. The van der Waals surface area contributed by atoms with E-state index < -0.39 is 0 Å². The Hall–Kier alpha value is -0.260. The van der Waals surface area contributed by atoms with E-state index in [0.29, 0.717) is 16.2 Å². The molecule has 0 fully saturated rings. The second kappa shape index (κ2) is 3.37. The lowest BCUT2D eigenvalue weighted by Crippen LogP contribution is -2.43. The van der Waals surface area contributed by atoms with E-state index in [2.05, 4.69) is 55.4 Å². The standard InChI is InChI=1S/C15H28/c1-9-15(10-2)13(5,6)11(3)12(4)14(15,7)8/h9-10H2,1-8H3. The summed E-state index contributed by atoms with van der Waals surface area (Å²) in [5.41, 5.74) is 4.38. The van der Waals surface area contributed by atoms with Crippen LogP contribution < -0.4 is 0 Å². The molecular formula is C15H28. The molecule has 0 heteroatoms. The summed E-state index contributed by atoms with van der Waals surface area (Å²) in [6.07, 6.45) is 2.55. The van der Waals surface area contributed by atoms with E-state index in [-0.39, 0.29) is 0 Å². The van der Waals surface area contributed by atoms with Crippen LogP contribution in [0.15, 0.2) is 11.1 Å². The fraction of sp³-hybridized carbons (Fsp3) is 0.867. The molecule has 1 aliphatic rings. The molecule has 0 spiro atoms. The average molecular weight is 208 g/mol. The van der Waals surface area contributed by atoms with E-state index in [0.717, 1.165) is 0 Å². The van der Waals surface area contributed by atoms with Gasteiger partial charge in [0.15, 0.2) is 0 Å². The SMILES string of the molecule is CCC1(CC)C(C)(C)C(C)=C(C)C1(C)C. The van der Waals surface area contributed by atoms with Gasteiger partial charge in [-0.05, 0) is 42.9 Å². The second-order valence-corrected chi connectivity index (χ2v) is 6.29. The lowest BCUT2D eigenvalue weighted by molar-refractivity contribution is 0.00967. The van der Waals surface area contributed by atoms with Gasteiger partial charge in [-0.25, -0.2) is 0 Å². The topological polar surface area (TPSA) is 0 Å². The quantitative estimate of drug-likeness (QED) is 0.547. The van der Waals surface area contributed by atoms with Crippen molar-refractivity contribution < 1.29 is 0 Å². The van der Waals surface area contributed by atoms with Gasteiger partial charge >= 0.3 is 0 Å². The predicted octanol–water partition coefficient (Wildman–Crippen LogP) is 5.20. The van der Waals surface area contributed by atoms with Crippen molar-refractivity contribution in [2.45, 2.75) is 68.2 Å². The average Bonchev–Trinajstić information content (AvgIpc) is 2.25. The van der Waals surface area contributed by atoms with E-state index in [1.807, 2.05) is 0 Å². The molecule has 0 amide bonds. The van der Waals surface area contributed by atoms with E-state index in [1.54, 1.807) is 11.1 Å². The Morgan fingerprint density at radius 2 is 1.00 bits per heavy atom. The summed E-state index contributed by atoms with van der Waals surface area (Å²) in [7, 11) is 0. The van der Waals surface area contributed by atoms with Crippen LogP contribution in [0.4, 0.5) is 0 Å². The first-order valence-electron chi connectivity index (χ1n) is 6.37. The van der Waals surface area contributed by atoms with Crippen LogP contribution in [0, 0.1) is 16.2 Å². The third kappa shape index (κ3) is 1.20. The molecule has 1 rings (SSSR count). The molecule has 0 aliphatic heterocycles. The lowest BCUT2D eigenvalue weighted by atomic mass is 9.53. The highest BCUT2D eigenvalue weighted by molar-refractivity contribution is 5.36. The zero-order valence-electron chi connectivity index (χ0n) is 11.9. The van der Waals surface area contributed by atoms with Crippen LogP contribution >= 0.6 is 0 Å². The molecule has 0 unspecified atom stereocenters. The molecular weight excluding hydrogens is 180 g/mol. The molecule has 0 heterocycles. The Morgan fingerprint density at radius 1 is 0.733 bits per heavy atom. The summed E-state index contributed by atoms with van der Waals surface area (Å²) in [6, 6.07) is 0. The van der Waals surface area contributed by atoms with Crippen LogP contribution in [0.2, 0.25) is 0 Å². The molecule has 0 radical (unpaired) electrons. The minimum atomic E-state index is 0.351. The van der Waals surface area contributed by atoms with Crippen molar-refractivity contribution in [2.24, 2.45) is 16.2 Å². The summed E-state index contributed by atoms with van der Waals surface area (Å²) < 4.78 is 0. The molecule has 0 saturated carbocycles. The van der Waals surface area contributed by atoms with Crippen LogP contribution in [0.25, 0.3) is 0 Å². The molecule has 1 aliphatic carbocycles. The molecule has 0 aromatic rings. The largest absolute Gasteiger partial charge is 0.0676 e. The third-order valence-corrected chi connectivity index (χ3v) is 6.04. The minimum Gasteiger partial charge on any atom is -0.0676 e. The first-order chi connectivity index (χ1) is 6.69. The van der Waals surface area contributed by atoms with E-state index in [4.69, 9.17) is 0 Å². The van der Waals surface area contributed by atoms with Crippen molar-refractivity contribution >= 4 is 0 Å². The van der Waals surface area contributed by atoms with Gasteiger partial charge in [0.25, 0.3) is 0 Å². The minimum absolute atomic E-state index is 0.351. The van der Waals surface area contributed by atoms with Gasteiger partial charge in [-0.15, -0.1) is 0 Å². The first-order valence-corrected chi connectivity index (χ1v) is 6.37. The van der Waals surface area contributed by atoms with Gasteiger partial charge < -0.3 is 0 Å². The number of hydrogen-bond donors (Lipinski definition) is 0. The van der Waals surface area contributed by atoms with Crippen molar-refractivity contribution in [1.82, 2.24) is 0 Å². The Morgan fingerprint density at radius 3 is 1.13 bits per heavy atom. The monoisotopic (exact) mass is 208 g/mol. The zero-order chi connectivity index (χ0) is 12.1. The van der Waals surface area contributed by atoms with Crippen LogP contribution in [-0.2, 0) is 0 Å². The Labute approximate surface area is 96.2 Å². The van der Waals surface area contributed by atoms with Crippen LogP contribution in [0.3, 0.4) is 0 Å². The Kier molecular flexibility index (Phi) is 2.87. The van der Waals surface area contributed by atoms with Crippen molar-refractivity contribution in [3.63, 3.8) is 0 Å². The van der Waals surface area contributed by atoms with Crippen molar-refractivity contribution in [3.8, 4) is 0 Å². The highest BCUT2D eigenvalue weighted by Crippen LogP contribution is 2.67. The normalized spacial score (nSPS) is 27.2. The fourth-order valence-corrected chi connectivity index (χ4v) is 4.45. The summed E-state index contributed by atoms with van der Waals surface area (Å²) in [5, 5.41) is 0. The van der Waals surface area contributed by atoms with E-state index in [9.17, 15) is 0 Å². The molecule has 0 nitrogen and oxygen atoms in total. The molecule has 88 valence electrons. The van der Waals surface area contributed by atoms with Crippen LogP contribution in [-0.4, -0.2) is 0 Å². The van der Waals surface area contributed by atoms with Gasteiger partial charge in [-0.3, -0.25) is 0 Å². The van der Waals surface area contributed by atoms with E-state index >= 15 is 0 Å².